The molecule has 0 radical (unpaired) electrons. The lowest BCUT2D eigenvalue weighted by Crippen LogP contribution is -2.43. The smallest absolute Gasteiger partial charge is 0.156 e. The summed E-state index contributed by atoms with van der Waals surface area (Å²) in [6.07, 6.45) is 2.27. The number of rotatable bonds is 8. The topological polar surface area (TPSA) is 79.7 Å². The van der Waals surface area contributed by atoms with Crippen LogP contribution in [0.2, 0.25) is 0 Å². The third-order valence-corrected chi connectivity index (χ3v) is 5.52. The molecule has 2 unspecified atom stereocenters. The molecule has 0 fully saturated rings. The fourth-order valence-corrected chi connectivity index (χ4v) is 4.22. The molecule has 0 saturated carbocycles. The number of hydrogen-bond donors (Lipinski definition) is 1. The summed E-state index contributed by atoms with van der Waals surface area (Å²) in [4.78, 5) is 4.28. The molecule has 0 amide bonds. The highest BCUT2D eigenvalue weighted by atomic mass is 32.2. The van der Waals surface area contributed by atoms with Gasteiger partial charge in [0.2, 0.25) is 0 Å². The zero-order valence-corrected chi connectivity index (χ0v) is 14.6. The van der Waals surface area contributed by atoms with Crippen LogP contribution in [0.3, 0.4) is 0 Å². The Morgan fingerprint density at radius 1 is 1.42 bits per heavy atom. The standard InChI is InChI=1S/C17H22N2O4S/c1-4-19(20)17(13(2)23-3)12-24(21,22)11-14-9-15-7-5-6-8-16(15)18-10-14/h4-10,13,17,20H,1,11-12H2,2-3H3. The molecule has 0 aliphatic carbocycles. The van der Waals surface area contributed by atoms with Gasteiger partial charge in [0, 0.05) is 24.9 Å². The number of benzene rings is 1. The molecule has 1 aromatic carbocycles. The van der Waals surface area contributed by atoms with Gasteiger partial charge in [-0.1, -0.05) is 24.8 Å². The minimum atomic E-state index is -3.48. The Morgan fingerprint density at radius 3 is 2.79 bits per heavy atom. The molecule has 2 rings (SSSR count). The summed E-state index contributed by atoms with van der Waals surface area (Å²) in [5.41, 5.74) is 1.43. The third kappa shape index (κ3) is 4.53. The van der Waals surface area contributed by atoms with Crippen LogP contribution in [-0.4, -0.2) is 48.7 Å². The van der Waals surface area contributed by atoms with Gasteiger partial charge in [-0.3, -0.25) is 15.3 Å². The largest absolute Gasteiger partial charge is 0.379 e. The van der Waals surface area contributed by atoms with Gasteiger partial charge in [-0.15, -0.1) is 0 Å². The maximum atomic E-state index is 12.5. The molecule has 0 spiro atoms. The zero-order valence-electron chi connectivity index (χ0n) is 13.8. The average molecular weight is 350 g/mol. The monoisotopic (exact) mass is 350 g/mol. The number of aromatic nitrogens is 1. The van der Waals surface area contributed by atoms with E-state index < -0.39 is 22.0 Å². The lowest BCUT2D eigenvalue weighted by Gasteiger charge is -2.28. The molecule has 24 heavy (non-hydrogen) atoms. The van der Waals surface area contributed by atoms with Gasteiger partial charge < -0.3 is 4.74 Å². The van der Waals surface area contributed by atoms with Crippen LogP contribution in [-0.2, 0) is 20.3 Å². The van der Waals surface area contributed by atoms with Crippen LogP contribution in [0.4, 0.5) is 0 Å². The molecule has 1 aromatic heterocycles. The Labute approximate surface area is 142 Å². The number of fused-ring (bicyclic) bond motifs is 1. The van der Waals surface area contributed by atoms with E-state index in [1.165, 1.54) is 13.3 Å². The summed E-state index contributed by atoms with van der Waals surface area (Å²) < 4.78 is 30.2. The zero-order chi connectivity index (χ0) is 17.7. The normalized spacial score (nSPS) is 14.3. The van der Waals surface area contributed by atoms with E-state index in [0.717, 1.165) is 16.0 Å². The molecule has 2 aromatic rings. The highest BCUT2D eigenvalue weighted by Gasteiger charge is 2.28. The van der Waals surface area contributed by atoms with Gasteiger partial charge in [-0.2, -0.15) is 0 Å². The first-order chi connectivity index (χ1) is 11.4. The predicted octanol–water partition coefficient (Wildman–Crippen LogP) is 2.39. The van der Waals surface area contributed by atoms with E-state index in [0.29, 0.717) is 5.56 Å². The van der Waals surface area contributed by atoms with Gasteiger partial charge in [0.05, 0.1) is 29.2 Å². The van der Waals surface area contributed by atoms with Gasteiger partial charge in [-0.25, -0.2) is 8.42 Å². The van der Waals surface area contributed by atoms with Crippen molar-refractivity contribution < 1.29 is 18.4 Å². The van der Waals surface area contributed by atoms with Gasteiger partial charge >= 0.3 is 0 Å². The van der Waals surface area contributed by atoms with Crippen LogP contribution in [0.1, 0.15) is 12.5 Å². The first-order valence-electron chi connectivity index (χ1n) is 7.53. The fraction of sp³-hybridized carbons (Fsp3) is 0.353. The van der Waals surface area contributed by atoms with Crippen molar-refractivity contribution in [3.8, 4) is 0 Å². The Kier molecular flexibility index (Phi) is 5.93. The number of pyridine rings is 1. The average Bonchev–Trinajstić information content (AvgIpc) is 2.58. The molecule has 2 atom stereocenters. The van der Waals surface area contributed by atoms with Crippen molar-refractivity contribution in [2.24, 2.45) is 0 Å². The van der Waals surface area contributed by atoms with Crippen LogP contribution in [0, 0.1) is 0 Å². The van der Waals surface area contributed by atoms with Crippen molar-refractivity contribution in [1.82, 2.24) is 10.0 Å². The molecule has 7 heteroatoms. The first kappa shape index (κ1) is 18.4. The number of methoxy groups -OCH3 is 1. The van der Waals surface area contributed by atoms with E-state index in [1.807, 2.05) is 30.3 Å². The Bertz CT molecular complexity index is 807. The van der Waals surface area contributed by atoms with Gasteiger partial charge in [-0.05, 0) is 24.6 Å². The SMILES string of the molecule is C=CN(O)C(CS(=O)(=O)Cc1cnc2ccccc2c1)C(C)OC. The number of nitrogens with zero attached hydrogens (tertiary/aromatic N) is 2. The molecular formula is C17H22N2O4S. The van der Waals surface area contributed by atoms with Crippen LogP contribution in [0.5, 0.6) is 0 Å². The third-order valence-electron chi connectivity index (χ3n) is 3.90. The summed E-state index contributed by atoms with van der Waals surface area (Å²) in [5, 5.41) is 11.5. The molecular weight excluding hydrogens is 328 g/mol. The number of sulfone groups is 1. The van der Waals surface area contributed by atoms with E-state index in [9.17, 15) is 13.6 Å². The quantitative estimate of drug-likeness (QED) is 0.737. The van der Waals surface area contributed by atoms with Crippen molar-refractivity contribution >= 4 is 20.7 Å². The Hall–Kier alpha value is -1.96. The van der Waals surface area contributed by atoms with Gasteiger partial charge in [0.15, 0.2) is 9.84 Å². The number of ether oxygens (including phenoxy) is 1. The molecule has 0 aliphatic rings. The van der Waals surface area contributed by atoms with E-state index >= 15 is 0 Å². The van der Waals surface area contributed by atoms with Crippen LogP contribution in [0.25, 0.3) is 10.9 Å². The lowest BCUT2D eigenvalue weighted by molar-refractivity contribution is -0.110. The summed E-state index contributed by atoms with van der Waals surface area (Å²) in [5.74, 6) is -0.403. The molecule has 6 nitrogen and oxygen atoms in total. The van der Waals surface area contributed by atoms with E-state index in [2.05, 4.69) is 11.6 Å². The second-order valence-corrected chi connectivity index (χ2v) is 7.77. The highest BCUT2D eigenvalue weighted by molar-refractivity contribution is 7.90. The van der Waals surface area contributed by atoms with Crippen molar-refractivity contribution in [3.63, 3.8) is 0 Å². The van der Waals surface area contributed by atoms with E-state index in [-0.39, 0.29) is 11.5 Å². The summed E-state index contributed by atoms with van der Waals surface area (Å²) in [7, 11) is -2.02. The number of hydrogen-bond acceptors (Lipinski definition) is 6. The maximum Gasteiger partial charge on any atom is 0.156 e. The van der Waals surface area contributed by atoms with Crippen molar-refractivity contribution in [2.75, 3.05) is 12.9 Å². The van der Waals surface area contributed by atoms with E-state index in [1.54, 1.807) is 13.1 Å². The van der Waals surface area contributed by atoms with E-state index in [4.69, 9.17) is 4.74 Å². The summed E-state index contributed by atoms with van der Waals surface area (Å²) in [6.45, 7) is 5.16. The Balaban J connectivity index is 2.20. The summed E-state index contributed by atoms with van der Waals surface area (Å²) >= 11 is 0. The van der Waals surface area contributed by atoms with Crippen molar-refractivity contribution in [2.45, 2.75) is 24.8 Å². The lowest BCUT2D eigenvalue weighted by atomic mass is 10.2. The fourth-order valence-electron chi connectivity index (χ4n) is 2.49. The minimum Gasteiger partial charge on any atom is -0.379 e. The maximum absolute atomic E-state index is 12.5. The van der Waals surface area contributed by atoms with Crippen molar-refractivity contribution in [3.05, 3.63) is 54.9 Å². The molecule has 130 valence electrons. The molecule has 0 aliphatic heterocycles. The highest BCUT2D eigenvalue weighted by Crippen LogP contribution is 2.17. The molecule has 1 N–H and O–H groups in total. The minimum absolute atomic E-state index is 0.150. The van der Waals surface area contributed by atoms with Gasteiger partial charge in [0.1, 0.15) is 0 Å². The number of para-hydroxylation sites is 1. The first-order valence-corrected chi connectivity index (χ1v) is 9.35. The van der Waals surface area contributed by atoms with Gasteiger partial charge in [0.25, 0.3) is 0 Å². The Morgan fingerprint density at radius 2 is 2.12 bits per heavy atom. The number of hydroxylamine groups is 2. The summed E-state index contributed by atoms with van der Waals surface area (Å²) in [6, 6.07) is 8.61. The van der Waals surface area contributed by atoms with Crippen molar-refractivity contribution in [1.29, 1.82) is 0 Å². The van der Waals surface area contributed by atoms with Crippen LogP contribution in [0.15, 0.2) is 49.3 Å². The molecule has 0 bridgehead atoms. The predicted molar refractivity (Wildman–Crippen MR) is 93.3 cm³/mol. The molecule has 1 heterocycles. The van der Waals surface area contributed by atoms with Crippen LogP contribution >= 0.6 is 0 Å². The second kappa shape index (κ2) is 7.74. The molecule has 0 saturated heterocycles. The second-order valence-electron chi connectivity index (χ2n) is 5.66. The van der Waals surface area contributed by atoms with Crippen LogP contribution < -0.4 is 0 Å².